The minimum absolute atomic E-state index is 0.141. The Labute approximate surface area is 163 Å². The van der Waals surface area contributed by atoms with E-state index in [2.05, 4.69) is 15.0 Å². The van der Waals surface area contributed by atoms with Gasteiger partial charge in [-0.15, -0.1) is 0 Å². The average Bonchev–Trinajstić information content (AvgIpc) is 2.98. The van der Waals surface area contributed by atoms with Crippen molar-refractivity contribution in [2.75, 3.05) is 5.32 Å². The van der Waals surface area contributed by atoms with Crippen LogP contribution in [0.5, 0.6) is 0 Å². The lowest BCUT2D eigenvalue weighted by Crippen LogP contribution is -2.42. The van der Waals surface area contributed by atoms with E-state index in [1.54, 1.807) is 47.9 Å². The number of nitrogens with zero attached hydrogens (tertiary/aromatic N) is 2. The zero-order valence-electron chi connectivity index (χ0n) is 15.6. The first-order chi connectivity index (χ1) is 13.7. The van der Waals surface area contributed by atoms with Crippen LogP contribution < -0.4 is 5.32 Å². The SMILES string of the molecule is Cc1nc2c3c(ccn2c1C)C(OC(F)(F)C(F)F)C(O)C(c1ccccc1)N3. The Kier molecular flexibility index (Phi) is 4.74. The summed E-state index contributed by atoms with van der Waals surface area (Å²) in [5, 5.41) is 14.0. The third-order valence-electron chi connectivity index (χ3n) is 5.26. The average molecular weight is 409 g/mol. The van der Waals surface area contributed by atoms with Crippen LogP contribution >= 0.6 is 0 Å². The summed E-state index contributed by atoms with van der Waals surface area (Å²) >= 11 is 0. The summed E-state index contributed by atoms with van der Waals surface area (Å²) in [6.45, 7) is 3.66. The van der Waals surface area contributed by atoms with E-state index in [1.165, 1.54) is 6.07 Å². The molecule has 29 heavy (non-hydrogen) atoms. The highest BCUT2D eigenvalue weighted by atomic mass is 19.3. The van der Waals surface area contributed by atoms with Crippen LogP contribution in [0.1, 0.15) is 34.7 Å². The molecule has 1 aromatic carbocycles. The van der Waals surface area contributed by atoms with E-state index >= 15 is 0 Å². The number of aryl methyl sites for hydroxylation is 2. The van der Waals surface area contributed by atoms with Crippen molar-refractivity contribution in [2.45, 2.75) is 44.6 Å². The summed E-state index contributed by atoms with van der Waals surface area (Å²) in [7, 11) is 0. The molecule has 0 bridgehead atoms. The minimum atomic E-state index is -4.71. The van der Waals surface area contributed by atoms with Crippen LogP contribution in [-0.4, -0.2) is 33.1 Å². The number of anilines is 1. The van der Waals surface area contributed by atoms with Gasteiger partial charge in [0.2, 0.25) is 0 Å². The van der Waals surface area contributed by atoms with Crippen molar-refractivity contribution >= 4 is 11.3 Å². The fourth-order valence-electron chi connectivity index (χ4n) is 3.63. The summed E-state index contributed by atoms with van der Waals surface area (Å²) in [5.41, 5.74) is 3.13. The lowest BCUT2D eigenvalue weighted by molar-refractivity contribution is -0.331. The van der Waals surface area contributed by atoms with Gasteiger partial charge in [0, 0.05) is 17.5 Å². The number of benzene rings is 1. The number of aliphatic hydroxyl groups excluding tert-OH is 1. The molecular weight excluding hydrogens is 390 g/mol. The standard InChI is InChI=1S/C20H19F4N3O2/c1-10-11(2)27-9-8-13-15(18(27)25-10)26-14(12-6-4-3-5-7-12)16(28)17(13)29-20(23,24)19(21)22/h3-9,14,16-17,19,26,28H,1-2H3. The van der Waals surface area contributed by atoms with Crippen LogP contribution in [-0.2, 0) is 4.74 Å². The van der Waals surface area contributed by atoms with Crippen LogP contribution in [0.25, 0.3) is 5.65 Å². The van der Waals surface area contributed by atoms with Gasteiger partial charge in [0.15, 0.2) is 5.65 Å². The molecule has 0 amide bonds. The molecule has 0 aliphatic carbocycles. The van der Waals surface area contributed by atoms with E-state index in [4.69, 9.17) is 0 Å². The molecule has 9 heteroatoms. The molecule has 0 saturated carbocycles. The van der Waals surface area contributed by atoms with Gasteiger partial charge in [-0.3, -0.25) is 0 Å². The number of halogens is 4. The predicted molar refractivity (Wildman–Crippen MR) is 98.3 cm³/mol. The smallest absolute Gasteiger partial charge is 0.388 e. The lowest BCUT2D eigenvalue weighted by Gasteiger charge is -2.39. The third-order valence-corrected chi connectivity index (χ3v) is 5.26. The van der Waals surface area contributed by atoms with Crippen molar-refractivity contribution in [2.24, 2.45) is 0 Å². The van der Waals surface area contributed by atoms with Crippen molar-refractivity contribution in [1.29, 1.82) is 0 Å². The van der Waals surface area contributed by atoms with Crippen molar-refractivity contribution in [3.05, 3.63) is 65.1 Å². The largest absolute Gasteiger partial charge is 0.417 e. The predicted octanol–water partition coefficient (Wildman–Crippen LogP) is 4.39. The van der Waals surface area contributed by atoms with Gasteiger partial charge in [-0.1, -0.05) is 30.3 Å². The second kappa shape index (κ2) is 7.00. The second-order valence-electron chi connectivity index (χ2n) is 7.05. The first kappa shape index (κ1) is 19.7. The van der Waals surface area contributed by atoms with E-state index in [0.717, 1.165) is 11.4 Å². The van der Waals surface area contributed by atoms with Gasteiger partial charge in [-0.2, -0.15) is 8.78 Å². The third kappa shape index (κ3) is 3.24. The zero-order valence-corrected chi connectivity index (χ0v) is 15.6. The normalized spacial score (nSPS) is 22.0. The highest BCUT2D eigenvalue weighted by Crippen LogP contribution is 2.45. The van der Waals surface area contributed by atoms with E-state index in [0.29, 0.717) is 16.9 Å². The Balaban J connectivity index is 1.88. The molecule has 5 nitrogen and oxygen atoms in total. The highest BCUT2D eigenvalue weighted by Gasteiger charge is 2.49. The van der Waals surface area contributed by atoms with Crippen LogP contribution in [0.4, 0.5) is 23.2 Å². The number of alkyl halides is 4. The lowest BCUT2D eigenvalue weighted by atomic mass is 9.89. The van der Waals surface area contributed by atoms with E-state index in [-0.39, 0.29) is 5.56 Å². The van der Waals surface area contributed by atoms with Gasteiger partial charge < -0.3 is 19.6 Å². The van der Waals surface area contributed by atoms with E-state index < -0.39 is 30.8 Å². The number of rotatable bonds is 4. The van der Waals surface area contributed by atoms with Gasteiger partial charge >= 0.3 is 12.5 Å². The summed E-state index contributed by atoms with van der Waals surface area (Å²) in [5.74, 6) is 0. The van der Waals surface area contributed by atoms with Crippen molar-refractivity contribution < 1.29 is 27.4 Å². The fraction of sp³-hybridized carbons (Fsp3) is 0.350. The Morgan fingerprint density at radius 3 is 2.52 bits per heavy atom. The topological polar surface area (TPSA) is 58.8 Å². The van der Waals surface area contributed by atoms with Gasteiger partial charge in [0.05, 0.1) is 17.4 Å². The molecule has 2 aromatic heterocycles. The number of ether oxygens (including phenoxy) is 1. The number of hydrogen-bond acceptors (Lipinski definition) is 4. The molecule has 154 valence electrons. The zero-order chi connectivity index (χ0) is 20.9. The van der Waals surface area contributed by atoms with Crippen LogP contribution in [0.2, 0.25) is 0 Å². The first-order valence-electron chi connectivity index (χ1n) is 9.02. The van der Waals surface area contributed by atoms with Gasteiger partial charge in [-0.25, -0.2) is 13.8 Å². The first-order valence-corrected chi connectivity index (χ1v) is 9.02. The number of fused-ring (bicyclic) bond motifs is 3. The van der Waals surface area contributed by atoms with Gasteiger partial charge in [0.1, 0.15) is 12.2 Å². The van der Waals surface area contributed by atoms with Crippen molar-refractivity contribution in [3.8, 4) is 0 Å². The molecule has 3 aromatic rings. The molecule has 3 heterocycles. The molecular formula is C20H19F4N3O2. The van der Waals surface area contributed by atoms with Gasteiger partial charge in [0.25, 0.3) is 0 Å². The fourth-order valence-corrected chi connectivity index (χ4v) is 3.63. The Bertz CT molecular complexity index is 1040. The van der Waals surface area contributed by atoms with E-state index in [1.807, 2.05) is 6.92 Å². The van der Waals surface area contributed by atoms with Crippen molar-refractivity contribution in [3.63, 3.8) is 0 Å². The summed E-state index contributed by atoms with van der Waals surface area (Å²) in [6.07, 6.45) is -10.4. The highest BCUT2D eigenvalue weighted by molar-refractivity contribution is 5.75. The number of hydrogen-bond donors (Lipinski definition) is 2. The minimum Gasteiger partial charge on any atom is -0.388 e. The maximum Gasteiger partial charge on any atom is 0.417 e. The molecule has 1 aliphatic rings. The summed E-state index contributed by atoms with van der Waals surface area (Å²) < 4.78 is 59.5. The quantitative estimate of drug-likeness (QED) is 0.628. The molecule has 3 unspecified atom stereocenters. The molecule has 0 radical (unpaired) electrons. The maximum atomic E-state index is 13.8. The molecule has 0 fully saturated rings. The number of aliphatic hydroxyl groups is 1. The second-order valence-corrected chi connectivity index (χ2v) is 7.05. The van der Waals surface area contributed by atoms with Crippen LogP contribution in [0.3, 0.4) is 0 Å². The number of aromatic nitrogens is 2. The molecule has 2 N–H and O–H groups in total. The van der Waals surface area contributed by atoms with Crippen LogP contribution in [0, 0.1) is 13.8 Å². The Morgan fingerprint density at radius 2 is 1.86 bits per heavy atom. The van der Waals surface area contributed by atoms with E-state index in [9.17, 15) is 22.7 Å². The Hall–Kier alpha value is -2.65. The monoisotopic (exact) mass is 409 g/mol. The number of imidazole rings is 1. The Morgan fingerprint density at radius 1 is 1.17 bits per heavy atom. The summed E-state index contributed by atoms with van der Waals surface area (Å²) in [4.78, 5) is 4.47. The summed E-state index contributed by atoms with van der Waals surface area (Å²) in [6, 6.07) is 9.25. The van der Waals surface area contributed by atoms with Gasteiger partial charge in [-0.05, 0) is 25.5 Å². The molecule has 3 atom stereocenters. The number of nitrogens with one attached hydrogen (secondary N) is 1. The van der Waals surface area contributed by atoms with Crippen molar-refractivity contribution in [1.82, 2.24) is 9.38 Å². The maximum absolute atomic E-state index is 13.8. The molecule has 0 spiro atoms. The molecule has 4 rings (SSSR count). The molecule has 1 aliphatic heterocycles. The molecule has 0 saturated heterocycles. The van der Waals surface area contributed by atoms with Crippen LogP contribution in [0.15, 0.2) is 42.6 Å². The number of pyridine rings is 1.